The number of hydrogen-bond acceptors (Lipinski definition) is 2. The van der Waals surface area contributed by atoms with E-state index < -0.39 is 12.8 Å². The zero-order chi connectivity index (χ0) is 14.5. The van der Waals surface area contributed by atoms with Crippen molar-refractivity contribution in [1.82, 2.24) is 0 Å². The third kappa shape index (κ3) is 6.08. The van der Waals surface area contributed by atoms with E-state index in [1.54, 1.807) is 6.07 Å². The van der Waals surface area contributed by atoms with Gasteiger partial charge in [0, 0.05) is 10.6 Å². The molecule has 0 aliphatic rings. The van der Waals surface area contributed by atoms with Crippen molar-refractivity contribution >= 4 is 34.8 Å². The maximum absolute atomic E-state index is 11.8. The molecule has 1 aromatic carbocycles. The Kier molecular flexibility index (Phi) is 6.53. The van der Waals surface area contributed by atoms with Crippen molar-refractivity contribution in [3.63, 3.8) is 0 Å². The van der Waals surface area contributed by atoms with Crippen LogP contribution in [0.1, 0.15) is 5.56 Å². The van der Waals surface area contributed by atoms with E-state index in [1.807, 2.05) is 0 Å². The third-order valence-electron chi connectivity index (χ3n) is 1.97. The molecule has 0 aliphatic heterocycles. The van der Waals surface area contributed by atoms with E-state index in [-0.39, 0.29) is 24.1 Å². The van der Waals surface area contributed by atoms with Crippen LogP contribution in [0.3, 0.4) is 0 Å². The van der Waals surface area contributed by atoms with Crippen molar-refractivity contribution in [2.75, 3.05) is 19.8 Å². The molecule has 2 nitrogen and oxygen atoms in total. The maximum atomic E-state index is 11.8. The summed E-state index contributed by atoms with van der Waals surface area (Å²) in [5.74, 6) is 0.427. The molecule has 0 atom stereocenters. The van der Waals surface area contributed by atoms with Gasteiger partial charge in [0.2, 0.25) is 0 Å². The number of halogens is 6. The molecule has 0 amide bonds. The van der Waals surface area contributed by atoms with Crippen LogP contribution in [-0.2, 0) is 10.6 Å². The first-order valence-corrected chi connectivity index (χ1v) is 6.43. The van der Waals surface area contributed by atoms with Gasteiger partial charge in [-0.25, -0.2) is 0 Å². The summed E-state index contributed by atoms with van der Waals surface area (Å²) in [7, 11) is 0. The number of benzene rings is 1. The highest BCUT2D eigenvalue weighted by Gasteiger charge is 2.27. The molecule has 8 heteroatoms. The zero-order valence-corrected chi connectivity index (χ0v) is 11.8. The predicted molar refractivity (Wildman–Crippen MR) is 68.4 cm³/mol. The zero-order valence-electron chi connectivity index (χ0n) is 9.57. The van der Waals surface area contributed by atoms with Gasteiger partial charge < -0.3 is 9.47 Å². The van der Waals surface area contributed by atoms with Crippen molar-refractivity contribution in [3.8, 4) is 5.75 Å². The van der Waals surface area contributed by atoms with Gasteiger partial charge in [-0.3, -0.25) is 0 Å². The van der Waals surface area contributed by atoms with Crippen LogP contribution in [0.15, 0.2) is 12.1 Å². The maximum Gasteiger partial charge on any atom is 0.411 e. The van der Waals surface area contributed by atoms with E-state index in [0.717, 1.165) is 0 Å². The highest BCUT2D eigenvalue weighted by Crippen LogP contribution is 2.33. The van der Waals surface area contributed by atoms with Crippen LogP contribution < -0.4 is 4.74 Å². The van der Waals surface area contributed by atoms with Gasteiger partial charge in [-0.05, 0) is 12.1 Å². The van der Waals surface area contributed by atoms with Gasteiger partial charge in [-0.15, -0.1) is 11.6 Å². The molecular formula is C11H10Cl3F3O2. The SMILES string of the molecule is FC(F)(F)COCCOc1c(Cl)cc(Cl)cc1CCl. The Morgan fingerprint density at radius 2 is 1.79 bits per heavy atom. The second-order valence-electron chi connectivity index (χ2n) is 3.53. The monoisotopic (exact) mass is 336 g/mol. The number of ether oxygens (including phenoxy) is 2. The molecule has 0 unspecified atom stereocenters. The smallest absolute Gasteiger partial charge is 0.411 e. The highest BCUT2D eigenvalue weighted by atomic mass is 35.5. The first-order chi connectivity index (χ1) is 8.83. The minimum absolute atomic E-state index is 0.0681. The average Bonchev–Trinajstić information content (AvgIpc) is 2.29. The predicted octanol–water partition coefficient (Wildman–Crippen LogP) is 4.69. The molecule has 0 bridgehead atoms. The second-order valence-corrected chi connectivity index (χ2v) is 4.64. The molecule has 1 aromatic rings. The van der Waals surface area contributed by atoms with Crippen LogP contribution in [0, 0.1) is 0 Å². The van der Waals surface area contributed by atoms with Gasteiger partial charge in [0.25, 0.3) is 0 Å². The van der Waals surface area contributed by atoms with E-state index in [0.29, 0.717) is 16.3 Å². The molecule has 0 fully saturated rings. The Morgan fingerprint density at radius 1 is 1.11 bits per heavy atom. The van der Waals surface area contributed by atoms with Crippen LogP contribution >= 0.6 is 34.8 Å². The van der Waals surface area contributed by atoms with Crippen molar-refractivity contribution < 1.29 is 22.6 Å². The Balaban J connectivity index is 2.49. The van der Waals surface area contributed by atoms with Crippen LogP contribution in [0.25, 0.3) is 0 Å². The quantitative estimate of drug-likeness (QED) is 0.554. The van der Waals surface area contributed by atoms with Crippen molar-refractivity contribution in [2.45, 2.75) is 12.1 Å². The summed E-state index contributed by atoms with van der Waals surface area (Å²) in [6, 6.07) is 3.04. The lowest BCUT2D eigenvalue weighted by atomic mass is 10.2. The van der Waals surface area contributed by atoms with E-state index in [2.05, 4.69) is 4.74 Å². The Labute approximate surface area is 123 Å². The van der Waals surface area contributed by atoms with Crippen molar-refractivity contribution in [2.24, 2.45) is 0 Å². The summed E-state index contributed by atoms with van der Waals surface area (Å²) in [6.45, 7) is -1.59. The fraction of sp³-hybridized carbons (Fsp3) is 0.455. The summed E-state index contributed by atoms with van der Waals surface area (Å²) in [5.41, 5.74) is 0.565. The summed E-state index contributed by atoms with van der Waals surface area (Å²) < 4.78 is 45.1. The Morgan fingerprint density at radius 3 is 2.37 bits per heavy atom. The average molecular weight is 338 g/mol. The molecule has 0 aliphatic carbocycles. The highest BCUT2D eigenvalue weighted by molar-refractivity contribution is 6.35. The van der Waals surface area contributed by atoms with E-state index in [1.165, 1.54) is 6.07 Å². The molecule has 0 saturated carbocycles. The summed E-state index contributed by atoms with van der Waals surface area (Å²) in [6.07, 6.45) is -4.35. The van der Waals surface area contributed by atoms with E-state index in [9.17, 15) is 13.2 Å². The van der Waals surface area contributed by atoms with Crippen LogP contribution in [0.2, 0.25) is 10.0 Å². The molecule has 0 N–H and O–H groups in total. The molecule has 0 radical (unpaired) electrons. The Hall–Kier alpha value is -0.360. The first kappa shape index (κ1) is 16.7. The van der Waals surface area contributed by atoms with Crippen LogP contribution in [0.4, 0.5) is 13.2 Å². The van der Waals surface area contributed by atoms with Gasteiger partial charge in [0.05, 0.1) is 17.5 Å². The lowest BCUT2D eigenvalue weighted by molar-refractivity contribution is -0.175. The molecule has 0 spiro atoms. The summed E-state index contributed by atoms with van der Waals surface area (Å²) >= 11 is 17.4. The van der Waals surface area contributed by atoms with Crippen LogP contribution in [-0.4, -0.2) is 26.0 Å². The first-order valence-electron chi connectivity index (χ1n) is 5.14. The number of rotatable bonds is 6. The van der Waals surface area contributed by atoms with Gasteiger partial charge >= 0.3 is 6.18 Å². The lowest BCUT2D eigenvalue weighted by Crippen LogP contribution is -2.19. The minimum atomic E-state index is -4.35. The topological polar surface area (TPSA) is 18.5 Å². The van der Waals surface area contributed by atoms with Crippen LogP contribution in [0.5, 0.6) is 5.75 Å². The standard InChI is InChI=1S/C11H10Cl3F3O2/c12-5-7-3-8(13)4-9(14)10(7)19-2-1-18-6-11(15,16)17/h3-4H,1-2,5-6H2. The van der Waals surface area contributed by atoms with E-state index >= 15 is 0 Å². The number of alkyl halides is 4. The van der Waals surface area contributed by atoms with Gasteiger partial charge in [0.1, 0.15) is 19.0 Å². The molecule has 0 aromatic heterocycles. The molecule has 1 rings (SSSR count). The fourth-order valence-electron chi connectivity index (χ4n) is 1.27. The second kappa shape index (κ2) is 7.43. The molecule has 0 heterocycles. The van der Waals surface area contributed by atoms with E-state index in [4.69, 9.17) is 39.5 Å². The van der Waals surface area contributed by atoms with Gasteiger partial charge in [-0.2, -0.15) is 13.2 Å². The molecule has 108 valence electrons. The van der Waals surface area contributed by atoms with Gasteiger partial charge in [0.15, 0.2) is 0 Å². The third-order valence-corrected chi connectivity index (χ3v) is 2.76. The van der Waals surface area contributed by atoms with Crippen molar-refractivity contribution in [1.29, 1.82) is 0 Å². The molecular weight excluding hydrogens is 327 g/mol. The van der Waals surface area contributed by atoms with Gasteiger partial charge in [-0.1, -0.05) is 23.2 Å². The minimum Gasteiger partial charge on any atom is -0.489 e. The molecule has 19 heavy (non-hydrogen) atoms. The summed E-state index contributed by atoms with van der Waals surface area (Å²) in [5, 5.41) is 0.653. The normalized spacial score (nSPS) is 11.7. The molecule has 0 saturated heterocycles. The van der Waals surface area contributed by atoms with Crippen molar-refractivity contribution in [3.05, 3.63) is 27.7 Å². The Bertz CT molecular complexity index is 424. The number of hydrogen-bond donors (Lipinski definition) is 0. The summed E-state index contributed by atoms with van der Waals surface area (Å²) in [4.78, 5) is 0. The fourth-order valence-corrected chi connectivity index (χ4v) is 2.05. The largest absolute Gasteiger partial charge is 0.489 e. The lowest BCUT2D eigenvalue weighted by Gasteiger charge is -2.13.